The largest absolute Gasteiger partial charge is 0.418 e. The first kappa shape index (κ1) is 16.3. The standard InChI is InChI=1S/C12H12O8S2/c1-7-6-10(13)18-11-8(7)4-5-9(19-21(2,14)15)12(11)20-22(3,16)17/h4-6H,1-3H3. The van der Waals surface area contributed by atoms with Gasteiger partial charge in [-0.05, 0) is 24.6 Å². The van der Waals surface area contributed by atoms with Crippen molar-refractivity contribution >= 4 is 31.2 Å². The maximum Gasteiger partial charge on any atom is 0.336 e. The number of fused-ring (bicyclic) bond motifs is 1. The summed E-state index contributed by atoms with van der Waals surface area (Å²) in [6, 6.07) is 3.86. The molecular weight excluding hydrogens is 336 g/mol. The van der Waals surface area contributed by atoms with E-state index >= 15 is 0 Å². The zero-order chi connectivity index (χ0) is 16.7. The minimum atomic E-state index is -4.01. The van der Waals surface area contributed by atoms with Crippen LogP contribution in [0.25, 0.3) is 11.0 Å². The molecule has 22 heavy (non-hydrogen) atoms. The fourth-order valence-corrected chi connectivity index (χ4v) is 2.72. The molecule has 0 aliphatic rings. The Labute approximate surface area is 126 Å². The van der Waals surface area contributed by atoms with Crippen molar-refractivity contribution in [3.05, 3.63) is 34.2 Å². The summed E-state index contributed by atoms with van der Waals surface area (Å²) in [4.78, 5) is 11.5. The monoisotopic (exact) mass is 348 g/mol. The van der Waals surface area contributed by atoms with E-state index in [4.69, 9.17) is 8.60 Å². The first-order chi connectivity index (χ1) is 9.96. The first-order valence-corrected chi connectivity index (χ1v) is 9.46. The van der Waals surface area contributed by atoms with Crippen molar-refractivity contribution in [1.29, 1.82) is 0 Å². The zero-order valence-electron chi connectivity index (χ0n) is 11.8. The highest BCUT2D eigenvalue weighted by atomic mass is 32.2. The molecule has 0 amide bonds. The molecular formula is C12H12O8S2. The molecule has 0 fully saturated rings. The Morgan fingerprint density at radius 2 is 1.59 bits per heavy atom. The molecule has 1 heterocycles. The van der Waals surface area contributed by atoms with Crippen LogP contribution in [-0.2, 0) is 20.2 Å². The van der Waals surface area contributed by atoms with E-state index < -0.39 is 37.4 Å². The molecule has 8 nitrogen and oxygen atoms in total. The second-order valence-electron chi connectivity index (χ2n) is 4.59. The minimum Gasteiger partial charge on any atom is -0.418 e. The van der Waals surface area contributed by atoms with E-state index in [1.54, 1.807) is 6.92 Å². The van der Waals surface area contributed by atoms with E-state index in [1.165, 1.54) is 18.2 Å². The SMILES string of the molecule is Cc1cc(=O)oc2c(OS(C)(=O)=O)c(OS(C)(=O)=O)ccc12. The second kappa shape index (κ2) is 5.29. The van der Waals surface area contributed by atoms with Crippen molar-refractivity contribution in [3.8, 4) is 11.5 Å². The Kier molecular flexibility index (Phi) is 3.92. The lowest BCUT2D eigenvalue weighted by Crippen LogP contribution is -2.11. The van der Waals surface area contributed by atoms with Crippen LogP contribution in [0.2, 0.25) is 0 Å². The molecule has 1 aromatic heterocycles. The maximum atomic E-state index is 11.5. The molecule has 0 saturated heterocycles. The third-order valence-corrected chi connectivity index (χ3v) is 3.47. The zero-order valence-corrected chi connectivity index (χ0v) is 13.4. The van der Waals surface area contributed by atoms with E-state index in [9.17, 15) is 21.6 Å². The third kappa shape index (κ3) is 3.77. The normalized spacial score (nSPS) is 12.3. The summed E-state index contributed by atoms with van der Waals surface area (Å²) < 4.78 is 59.7. The molecule has 0 spiro atoms. The predicted molar refractivity (Wildman–Crippen MR) is 78.2 cm³/mol. The van der Waals surface area contributed by atoms with Gasteiger partial charge in [0.1, 0.15) is 0 Å². The van der Waals surface area contributed by atoms with Gasteiger partial charge in [0.2, 0.25) is 5.75 Å². The Hall–Kier alpha value is -2.07. The van der Waals surface area contributed by atoms with E-state index in [0.717, 1.165) is 12.5 Å². The average Bonchev–Trinajstić information content (AvgIpc) is 2.29. The van der Waals surface area contributed by atoms with Crippen LogP contribution in [0.3, 0.4) is 0 Å². The van der Waals surface area contributed by atoms with Crippen molar-refractivity contribution in [2.75, 3.05) is 12.5 Å². The summed E-state index contributed by atoms with van der Waals surface area (Å²) in [6.45, 7) is 1.61. The van der Waals surface area contributed by atoms with Crippen LogP contribution in [0.5, 0.6) is 11.5 Å². The van der Waals surface area contributed by atoms with Gasteiger partial charge in [-0.1, -0.05) is 0 Å². The van der Waals surface area contributed by atoms with Crippen molar-refractivity contribution in [2.45, 2.75) is 6.92 Å². The van der Waals surface area contributed by atoms with Gasteiger partial charge >= 0.3 is 25.9 Å². The Balaban J connectivity index is 2.86. The van der Waals surface area contributed by atoms with Crippen molar-refractivity contribution in [2.24, 2.45) is 0 Å². The van der Waals surface area contributed by atoms with Crippen LogP contribution in [0, 0.1) is 6.92 Å². The highest BCUT2D eigenvalue weighted by Crippen LogP contribution is 2.37. The quantitative estimate of drug-likeness (QED) is 0.588. The van der Waals surface area contributed by atoms with Gasteiger partial charge in [0.15, 0.2) is 11.3 Å². The van der Waals surface area contributed by atoms with Crippen molar-refractivity contribution in [3.63, 3.8) is 0 Å². The average molecular weight is 348 g/mol. The number of aryl methyl sites for hydroxylation is 1. The summed E-state index contributed by atoms with van der Waals surface area (Å²) in [7, 11) is -7.95. The fourth-order valence-electron chi connectivity index (χ4n) is 1.80. The van der Waals surface area contributed by atoms with Crippen LogP contribution < -0.4 is 14.0 Å². The van der Waals surface area contributed by atoms with Crippen LogP contribution >= 0.6 is 0 Å². The maximum absolute atomic E-state index is 11.5. The number of hydrogen-bond donors (Lipinski definition) is 0. The number of hydrogen-bond acceptors (Lipinski definition) is 8. The molecule has 0 saturated carbocycles. The summed E-state index contributed by atoms with van der Waals surface area (Å²) in [6.07, 6.45) is 1.55. The van der Waals surface area contributed by atoms with E-state index in [1.807, 2.05) is 0 Å². The van der Waals surface area contributed by atoms with Gasteiger partial charge in [0.05, 0.1) is 12.5 Å². The molecule has 0 aliphatic carbocycles. The van der Waals surface area contributed by atoms with E-state index in [2.05, 4.69) is 4.18 Å². The van der Waals surface area contributed by atoms with Gasteiger partial charge in [-0.2, -0.15) is 16.8 Å². The highest BCUT2D eigenvalue weighted by Gasteiger charge is 2.21. The van der Waals surface area contributed by atoms with Gasteiger partial charge in [-0.15, -0.1) is 0 Å². The van der Waals surface area contributed by atoms with Gasteiger partial charge in [-0.25, -0.2) is 4.79 Å². The molecule has 0 unspecified atom stereocenters. The topological polar surface area (TPSA) is 117 Å². The van der Waals surface area contributed by atoms with Gasteiger partial charge in [-0.3, -0.25) is 0 Å². The van der Waals surface area contributed by atoms with Crippen molar-refractivity contribution in [1.82, 2.24) is 0 Å². The van der Waals surface area contributed by atoms with E-state index in [0.29, 0.717) is 10.9 Å². The lowest BCUT2D eigenvalue weighted by Gasteiger charge is -2.12. The molecule has 1 aromatic carbocycles. The fraction of sp³-hybridized carbons (Fsp3) is 0.250. The van der Waals surface area contributed by atoms with Crippen LogP contribution in [0.4, 0.5) is 0 Å². The lowest BCUT2D eigenvalue weighted by molar-refractivity contribution is 0.448. The number of benzene rings is 1. The molecule has 0 aliphatic heterocycles. The molecule has 0 radical (unpaired) electrons. The summed E-state index contributed by atoms with van der Waals surface area (Å²) in [5.41, 5.74) is -0.438. The van der Waals surface area contributed by atoms with E-state index in [-0.39, 0.29) is 5.58 Å². The molecule has 120 valence electrons. The molecule has 0 N–H and O–H groups in total. The van der Waals surface area contributed by atoms with Crippen molar-refractivity contribution < 1.29 is 29.6 Å². The van der Waals surface area contributed by atoms with Crippen LogP contribution in [0.15, 0.2) is 27.4 Å². The smallest absolute Gasteiger partial charge is 0.336 e. The molecule has 2 aromatic rings. The summed E-state index contributed by atoms with van der Waals surface area (Å²) >= 11 is 0. The van der Waals surface area contributed by atoms with Gasteiger partial charge in [0, 0.05) is 11.5 Å². The third-order valence-electron chi connectivity index (χ3n) is 2.51. The van der Waals surface area contributed by atoms with Crippen LogP contribution in [0.1, 0.15) is 5.56 Å². The molecule has 0 atom stereocenters. The first-order valence-electron chi connectivity index (χ1n) is 5.83. The summed E-state index contributed by atoms with van der Waals surface area (Å²) in [5, 5.41) is 0.388. The Bertz CT molecular complexity index is 999. The minimum absolute atomic E-state index is 0.212. The predicted octanol–water partition coefficient (Wildman–Crippen LogP) is 0.778. The Morgan fingerprint density at radius 3 is 2.14 bits per heavy atom. The molecule has 0 bridgehead atoms. The highest BCUT2D eigenvalue weighted by molar-refractivity contribution is 7.86. The molecule has 2 rings (SSSR count). The van der Waals surface area contributed by atoms with Crippen LogP contribution in [-0.4, -0.2) is 29.3 Å². The van der Waals surface area contributed by atoms with Gasteiger partial charge in [0.25, 0.3) is 0 Å². The summed E-state index contributed by atoms with van der Waals surface area (Å²) in [5.74, 6) is -0.889. The molecule has 10 heteroatoms. The number of rotatable bonds is 4. The lowest BCUT2D eigenvalue weighted by atomic mass is 10.1. The Morgan fingerprint density at radius 1 is 1.00 bits per heavy atom. The second-order valence-corrected chi connectivity index (χ2v) is 7.74. The van der Waals surface area contributed by atoms with Gasteiger partial charge < -0.3 is 12.8 Å².